The average molecular weight is 377 g/mol. The Bertz CT molecular complexity index is 1170. The first-order valence-corrected chi connectivity index (χ1v) is 8.55. The van der Waals surface area contributed by atoms with Gasteiger partial charge in [0.1, 0.15) is 34.6 Å². The van der Waals surface area contributed by atoms with E-state index in [4.69, 9.17) is 14.2 Å². The van der Waals surface area contributed by atoms with Gasteiger partial charge >= 0.3 is 0 Å². The number of methoxy groups -OCH3 is 3. The summed E-state index contributed by atoms with van der Waals surface area (Å²) in [5.74, 6) is 2.75. The molecule has 4 rings (SSSR count). The number of benzene rings is 2. The molecule has 8 nitrogen and oxygen atoms in total. The monoisotopic (exact) mass is 377 g/mol. The van der Waals surface area contributed by atoms with E-state index in [9.17, 15) is 0 Å². The lowest BCUT2D eigenvalue weighted by atomic mass is 10.2. The molecule has 2 heterocycles. The van der Waals surface area contributed by atoms with Gasteiger partial charge in [-0.2, -0.15) is 5.10 Å². The fourth-order valence-electron chi connectivity index (χ4n) is 2.99. The molecular formula is C20H19N5O3. The van der Waals surface area contributed by atoms with Crippen molar-refractivity contribution in [3.05, 3.63) is 48.3 Å². The number of hydrogen-bond acceptors (Lipinski definition) is 7. The zero-order valence-corrected chi connectivity index (χ0v) is 15.7. The number of H-pyrrole nitrogens is 1. The molecule has 0 amide bonds. The van der Waals surface area contributed by atoms with Crippen molar-refractivity contribution in [1.82, 2.24) is 15.0 Å². The van der Waals surface area contributed by atoms with E-state index in [1.54, 1.807) is 27.5 Å². The molecule has 4 aromatic rings. The Kier molecular flexibility index (Phi) is 4.67. The molecular weight excluding hydrogens is 358 g/mol. The van der Waals surface area contributed by atoms with Crippen LogP contribution in [0.15, 0.2) is 47.8 Å². The number of ether oxygens (including phenoxy) is 3. The SMILES string of the molecule is COc1ccc(OC)c(C=NNc2ncnc3c2[nH]c2ccc(OC)cc23)c1. The summed E-state index contributed by atoms with van der Waals surface area (Å²) in [5, 5.41) is 5.26. The van der Waals surface area contributed by atoms with Gasteiger partial charge in [0.2, 0.25) is 0 Å². The minimum absolute atomic E-state index is 0.568. The van der Waals surface area contributed by atoms with Crippen LogP contribution >= 0.6 is 0 Å². The first-order valence-electron chi connectivity index (χ1n) is 8.55. The third-order valence-corrected chi connectivity index (χ3v) is 4.40. The highest BCUT2D eigenvalue weighted by molar-refractivity contribution is 6.08. The van der Waals surface area contributed by atoms with Crippen molar-refractivity contribution in [2.45, 2.75) is 0 Å². The van der Waals surface area contributed by atoms with Gasteiger partial charge < -0.3 is 19.2 Å². The third-order valence-electron chi connectivity index (χ3n) is 4.40. The number of aromatic amines is 1. The molecule has 28 heavy (non-hydrogen) atoms. The van der Waals surface area contributed by atoms with Crippen LogP contribution < -0.4 is 19.6 Å². The van der Waals surface area contributed by atoms with Gasteiger partial charge in [0.15, 0.2) is 5.82 Å². The highest BCUT2D eigenvalue weighted by atomic mass is 16.5. The largest absolute Gasteiger partial charge is 0.497 e. The van der Waals surface area contributed by atoms with Crippen molar-refractivity contribution in [3.8, 4) is 17.2 Å². The van der Waals surface area contributed by atoms with Gasteiger partial charge in [0.05, 0.1) is 27.5 Å². The summed E-state index contributed by atoms with van der Waals surface area (Å²) in [6, 6.07) is 11.3. The third kappa shape index (κ3) is 3.16. The quantitative estimate of drug-likeness (QED) is 0.394. The van der Waals surface area contributed by atoms with Crippen LogP contribution in [-0.2, 0) is 0 Å². The molecule has 0 spiro atoms. The lowest BCUT2D eigenvalue weighted by Crippen LogP contribution is -1.97. The van der Waals surface area contributed by atoms with Crippen molar-refractivity contribution in [1.29, 1.82) is 0 Å². The summed E-state index contributed by atoms with van der Waals surface area (Å²) in [5.41, 5.74) is 6.25. The minimum Gasteiger partial charge on any atom is -0.497 e. The first kappa shape index (κ1) is 17.6. The molecule has 0 atom stereocenters. The van der Waals surface area contributed by atoms with Gasteiger partial charge in [-0.1, -0.05) is 0 Å². The van der Waals surface area contributed by atoms with Crippen LogP contribution in [-0.4, -0.2) is 42.5 Å². The van der Waals surface area contributed by atoms with E-state index in [1.165, 1.54) is 6.33 Å². The van der Waals surface area contributed by atoms with Crippen LogP contribution in [0.3, 0.4) is 0 Å². The molecule has 0 bridgehead atoms. The Hall–Kier alpha value is -3.81. The molecule has 8 heteroatoms. The fourth-order valence-corrected chi connectivity index (χ4v) is 2.99. The van der Waals surface area contributed by atoms with Crippen LogP contribution in [0.2, 0.25) is 0 Å². The molecule has 2 aromatic heterocycles. The maximum absolute atomic E-state index is 5.36. The van der Waals surface area contributed by atoms with Gasteiger partial charge in [0.25, 0.3) is 0 Å². The lowest BCUT2D eigenvalue weighted by molar-refractivity contribution is 0.402. The maximum atomic E-state index is 5.36. The number of hydrogen-bond donors (Lipinski definition) is 2. The highest BCUT2D eigenvalue weighted by Crippen LogP contribution is 2.30. The van der Waals surface area contributed by atoms with Crippen molar-refractivity contribution < 1.29 is 14.2 Å². The molecule has 142 valence electrons. The van der Waals surface area contributed by atoms with E-state index in [-0.39, 0.29) is 0 Å². The lowest BCUT2D eigenvalue weighted by Gasteiger charge is -2.07. The summed E-state index contributed by atoms with van der Waals surface area (Å²) in [6.07, 6.45) is 3.15. The van der Waals surface area contributed by atoms with Crippen LogP contribution in [0.1, 0.15) is 5.56 Å². The number of anilines is 1. The molecule has 0 aliphatic heterocycles. The van der Waals surface area contributed by atoms with E-state index in [1.807, 2.05) is 36.4 Å². The summed E-state index contributed by atoms with van der Waals surface area (Å²) >= 11 is 0. The van der Waals surface area contributed by atoms with Gasteiger partial charge in [-0.3, -0.25) is 5.43 Å². The predicted molar refractivity (Wildman–Crippen MR) is 109 cm³/mol. The summed E-state index contributed by atoms with van der Waals surface area (Å²) < 4.78 is 15.9. The molecule has 0 radical (unpaired) electrons. The number of rotatable bonds is 6. The topological polar surface area (TPSA) is 93.6 Å². The van der Waals surface area contributed by atoms with E-state index in [0.717, 1.165) is 39.0 Å². The second-order valence-corrected chi connectivity index (χ2v) is 5.96. The maximum Gasteiger partial charge on any atom is 0.174 e. The second-order valence-electron chi connectivity index (χ2n) is 5.96. The zero-order valence-electron chi connectivity index (χ0n) is 15.7. The van der Waals surface area contributed by atoms with Crippen LogP contribution in [0, 0.1) is 0 Å². The van der Waals surface area contributed by atoms with E-state index in [0.29, 0.717) is 11.6 Å². The van der Waals surface area contributed by atoms with E-state index < -0.39 is 0 Å². The Morgan fingerprint density at radius 3 is 2.54 bits per heavy atom. The molecule has 2 aromatic carbocycles. The van der Waals surface area contributed by atoms with Gasteiger partial charge in [-0.15, -0.1) is 0 Å². The highest BCUT2D eigenvalue weighted by Gasteiger charge is 2.11. The van der Waals surface area contributed by atoms with Crippen LogP contribution in [0.4, 0.5) is 5.82 Å². The molecule has 0 aliphatic rings. The average Bonchev–Trinajstić information content (AvgIpc) is 3.12. The normalized spacial score (nSPS) is 11.2. The molecule has 0 fully saturated rings. The van der Waals surface area contributed by atoms with Gasteiger partial charge in [-0.05, 0) is 36.4 Å². The Morgan fingerprint density at radius 2 is 1.75 bits per heavy atom. The second kappa shape index (κ2) is 7.43. The first-order chi connectivity index (χ1) is 13.7. The Morgan fingerprint density at radius 1 is 0.964 bits per heavy atom. The molecule has 0 aliphatic carbocycles. The number of hydrazone groups is 1. The van der Waals surface area contributed by atoms with Crippen molar-refractivity contribution in [3.63, 3.8) is 0 Å². The Balaban J connectivity index is 1.68. The van der Waals surface area contributed by atoms with Crippen LogP contribution in [0.5, 0.6) is 17.2 Å². The summed E-state index contributed by atoms with van der Waals surface area (Å²) in [7, 11) is 4.86. The number of nitrogens with zero attached hydrogens (tertiary/aromatic N) is 3. The van der Waals surface area contributed by atoms with E-state index >= 15 is 0 Å². The molecule has 2 N–H and O–H groups in total. The minimum atomic E-state index is 0.568. The Labute approximate surface area is 161 Å². The summed E-state index contributed by atoms with van der Waals surface area (Å²) in [6.45, 7) is 0. The predicted octanol–water partition coefficient (Wildman–Crippen LogP) is 3.58. The smallest absolute Gasteiger partial charge is 0.174 e. The molecule has 0 saturated heterocycles. The van der Waals surface area contributed by atoms with Crippen molar-refractivity contribution in [2.24, 2.45) is 5.10 Å². The fraction of sp³-hybridized carbons (Fsp3) is 0.150. The van der Waals surface area contributed by atoms with Gasteiger partial charge in [-0.25, -0.2) is 9.97 Å². The summed E-state index contributed by atoms with van der Waals surface area (Å²) in [4.78, 5) is 12.0. The van der Waals surface area contributed by atoms with Gasteiger partial charge in [0, 0.05) is 16.5 Å². The number of nitrogens with one attached hydrogen (secondary N) is 2. The molecule has 0 unspecified atom stereocenters. The zero-order chi connectivity index (χ0) is 19.5. The standard InChI is InChI=1S/C20H19N5O3/c1-26-13-5-7-17(28-3)12(8-13)10-23-25-20-19-18(21-11-22-20)15-9-14(27-2)4-6-16(15)24-19/h4-11,24H,1-3H3,(H,21,22,25). The number of fused-ring (bicyclic) bond motifs is 3. The van der Waals surface area contributed by atoms with Crippen molar-refractivity contribution >= 4 is 34.0 Å². The van der Waals surface area contributed by atoms with E-state index in [2.05, 4.69) is 25.5 Å². The van der Waals surface area contributed by atoms with Crippen LogP contribution in [0.25, 0.3) is 21.9 Å². The van der Waals surface area contributed by atoms with Crippen molar-refractivity contribution in [2.75, 3.05) is 26.8 Å². The molecule has 0 saturated carbocycles. The number of aromatic nitrogens is 3.